The molecule has 1 aromatic heterocycles. The minimum absolute atomic E-state index is 0.0279. The third-order valence-corrected chi connectivity index (χ3v) is 6.27. The Bertz CT molecular complexity index is 993. The van der Waals surface area contributed by atoms with E-state index >= 15 is 0 Å². The van der Waals surface area contributed by atoms with Gasteiger partial charge >= 0.3 is 0 Å². The van der Waals surface area contributed by atoms with Gasteiger partial charge in [0.1, 0.15) is 11.6 Å². The van der Waals surface area contributed by atoms with Crippen molar-refractivity contribution in [1.82, 2.24) is 14.8 Å². The van der Waals surface area contributed by atoms with Crippen molar-refractivity contribution in [3.63, 3.8) is 0 Å². The monoisotopic (exact) mass is 448 g/mol. The van der Waals surface area contributed by atoms with Gasteiger partial charge in [-0.15, -0.1) is 22.0 Å². The number of halogens is 1. The van der Waals surface area contributed by atoms with E-state index in [2.05, 4.69) is 46.7 Å². The Balaban J connectivity index is 1.58. The number of carbonyl (C=O) groups is 1. The molecule has 0 aliphatic rings. The number of aromatic nitrogens is 3. The third-order valence-electron chi connectivity index (χ3n) is 4.06. The molecule has 1 heterocycles. The summed E-state index contributed by atoms with van der Waals surface area (Å²) in [5.74, 6) is 1.43. The normalized spacial score (nSPS) is 10.9. The fourth-order valence-electron chi connectivity index (χ4n) is 2.56. The van der Waals surface area contributed by atoms with Crippen LogP contribution in [0.15, 0.2) is 52.5 Å². The van der Waals surface area contributed by atoms with Crippen molar-refractivity contribution in [3.8, 4) is 5.75 Å². The minimum Gasteiger partial charge on any atom is -0.506 e. The molecule has 0 fully saturated rings. The van der Waals surface area contributed by atoms with Crippen molar-refractivity contribution < 1.29 is 9.90 Å². The summed E-state index contributed by atoms with van der Waals surface area (Å²) in [6.45, 7) is 4.81. The lowest BCUT2D eigenvalue weighted by Gasteiger charge is -2.09. The first-order valence-corrected chi connectivity index (χ1v) is 11.3. The van der Waals surface area contributed by atoms with Gasteiger partial charge in [-0.05, 0) is 44.2 Å². The first-order valence-electron chi connectivity index (χ1n) is 8.99. The molecule has 0 aliphatic heterocycles. The summed E-state index contributed by atoms with van der Waals surface area (Å²) < 4.78 is 2.01. The molecule has 3 aromatic rings. The summed E-state index contributed by atoms with van der Waals surface area (Å²) in [5, 5.41) is 22.1. The lowest BCUT2D eigenvalue weighted by molar-refractivity contribution is -0.113. The Labute approximate surface area is 183 Å². The average Bonchev–Trinajstić information content (AvgIpc) is 3.10. The molecule has 1 amide bonds. The zero-order chi connectivity index (χ0) is 20.8. The summed E-state index contributed by atoms with van der Waals surface area (Å²) in [5.41, 5.74) is 1.52. The zero-order valence-electron chi connectivity index (χ0n) is 16.1. The van der Waals surface area contributed by atoms with E-state index in [0.717, 1.165) is 12.4 Å². The van der Waals surface area contributed by atoms with Crippen molar-refractivity contribution in [2.24, 2.45) is 0 Å². The average molecular weight is 449 g/mol. The number of phenolic OH excluding ortho intramolecular Hbond substituents is 1. The van der Waals surface area contributed by atoms with Crippen LogP contribution in [0.4, 0.5) is 5.69 Å². The van der Waals surface area contributed by atoms with Crippen molar-refractivity contribution in [2.75, 3.05) is 11.1 Å². The van der Waals surface area contributed by atoms with Gasteiger partial charge in [0.15, 0.2) is 5.16 Å². The van der Waals surface area contributed by atoms with Gasteiger partial charge in [-0.3, -0.25) is 4.79 Å². The summed E-state index contributed by atoms with van der Waals surface area (Å²) >= 11 is 8.91. The highest BCUT2D eigenvalue weighted by molar-refractivity contribution is 7.99. The highest BCUT2D eigenvalue weighted by Gasteiger charge is 2.14. The molecule has 2 aromatic carbocycles. The zero-order valence-corrected chi connectivity index (χ0v) is 18.4. The Hall–Kier alpha value is -2.16. The third kappa shape index (κ3) is 5.91. The fraction of sp³-hybridized carbons (Fsp3) is 0.250. The lowest BCUT2D eigenvalue weighted by Crippen LogP contribution is -2.15. The van der Waals surface area contributed by atoms with Gasteiger partial charge in [-0.1, -0.05) is 41.1 Å². The van der Waals surface area contributed by atoms with Crippen molar-refractivity contribution in [2.45, 2.75) is 36.2 Å². The molecule has 0 saturated carbocycles. The first-order chi connectivity index (χ1) is 14.0. The Kier molecular flexibility index (Phi) is 7.46. The second kappa shape index (κ2) is 10.0. The Morgan fingerprint density at radius 1 is 1.17 bits per heavy atom. The maximum absolute atomic E-state index is 12.2. The number of amides is 1. The van der Waals surface area contributed by atoms with E-state index in [-0.39, 0.29) is 23.1 Å². The highest BCUT2D eigenvalue weighted by Crippen LogP contribution is 2.28. The van der Waals surface area contributed by atoms with Crippen LogP contribution < -0.4 is 5.32 Å². The van der Waals surface area contributed by atoms with Crippen LogP contribution >= 0.6 is 35.1 Å². The number of rotatable bonds is 8. The molecule has 0 unspecified atom stereocenters. The number of aromatic hydroxyl groups is 1. The van der Waals surface area contributed by atoms with E-state index in [0.29, 0.717) is 15.9 Å². The number of hydrogen-bond donors (Lipinski definition) is 2. The van der Waals surface area contributed by atoms with Crippen LogP contribution in [0, 0.1) is 6.92 Å². The quantitative estimate of drug-likeness (QED) is 0.373. The van der Waals surface area contributed by atoms with E-state index in [9.17, 15) is 9.90 Å². The number of aryl methyl sites for hydroxylation is 1. The van der Waals surface area contributed by atoms with Gasteiger partial charge in [0, 0.05) is 16.5 Å². The van der Waals surface area contributed by atoms with Gasteiger partial charge in [-0.2, -0.15) is 0 Å². The molecular weight excluding hydrogens is 428 g/mol. The van der Waals surface area contributed by atoms with E-state index in [1.807, 2.05) is 11.5 Å². The van der Waals surface area contributed by atoms with Crippen LogP contribution in [0.5, 0.6) is 5.75 Å². The van der Waals surface area contributed by atoms with E-state index in [1.54, 1.807) is 17.8 Å². The first kappa shape index (κ1) is 21.5. The fourth-order valence-corrected chi connectivity index (χ4v) is 4.39. The standard InChI is InChI=1S/C20H21ClN4O2S2/c1-3-25-18(11-28-15-7-4-13(2)5-8-15)23-24-20(25)29-12-19(27)22-16-10-14(21)6-9-17(16)26/h4-10,26H,3,11-12H2,1-2H3,(H,22,27). The summed E-state index contributed by atoms with van der Waals surface area (Å²) in [7, 11) is 0. The van der Waals surface area contributed by atoms with Crippen LogP contribution in [0.1, 0.15) is 18.3 Å². The van der Waals surface area contributed by atoms with Gasteiger partial charge in [0.05, 0.1) is 17.2 Å². The smallest absolute Gasteiger partial charge is 0.234 e. The van der Waals surface area contributed by atoms with Crippen LogP contribution in [-0.4, -0.2) is 31.5 Å². The van der Waals surface area contributed by atoms with E-state index in [1.165, 1.54) is 34.4 Å². The summed E-state index contributed by atoms with van der Waals surface area (Å²) in [6.07, 6.45) is 0. The summed E-state index contributed by atoms with van der Waals surface area (Å²) in [4.78, 5) is 13.4. The number of benzene rings is 2. The van der Waals surface area contributed by atoms with E-state index < -0.39 is 0 Å². The lowest BCUT2D eigenvalue weighted by atomic mass is 10.2. The Morgan fingerprint density at radius 2 is 1.93 bits per heavy atom. The minimum atomic E-state index is -0.256. The molecule has 0 spiro atoms. The maximum Gasteiger partial charge on any atom is 0.234 e. The maximum atomic E-state index is 12.2. The topological polar surface area (TPSA) is 80.0 Å². The van der Waals surface area contributed by atoms with Gasteiger partial charge in [0.25, 0.3) is 0 Å². The second-order valence-corrected chi connectivity index (χ2v) is 8.67. The molecule has 152 valence electrons. The number of nitrogens with one attached hydrogen (secondary N) is 1. The molecule has 0 radical (unpaired) electrons. The molecule has 0 saturated heterocycles. The molecule has 0 atom stereocenters. The SMILES string of the molecule is CCn1c(CSc2ccc(C)cc2)nnc1SCC(=O)Nc1cc(Cl)ccc1O. The summed E-state index contributed by atoms with van der Waals surface area (Å²) in [6, 6.07) is 12.9. The van der Waals surface area contributed by atoms with Crippen molar-refractivity contribution >= 4 is 46.7 Å². The Morgan fingerprint density at radius 3 is 2.66 bits per heavy atom. The van der Waals surface area contributed by atoms with Crippen LogP contribution in [0.3, 0.4) is 0 Å². The molecule has 0 bridgehead atoms. The molecule has 2 N–H and O–H groups in total. The van der Waals surface area contributed by atoms with Crippen LogP contribution in [0.25, 0.3) is 0 Å². The predicted molar refractivity (Wildman–Crippen MR) is 119 cm³/mol. The number of nitrogens with zero attached hydrogens (tertiary/aromatic N) is 3. The predicted octanol–water partition coefficient (Wildman–Crippen LogP) is 4.99. The number of anilines is 1. The molecule has 0 aliphatic carbocycles. The van der Waals surface area contributed by atoms with Gasteiger partial charge in [-0.25, -0.2) is 0 Å². The van der Waals surface area contributed by atoms with E-state index in [4.69, 9.17) is 11.6 Å². The van der Waals surface area contributed by atoms with Crippen LogP contribution in [0.2, 0.25) is 5.02 Å². The van der Waals surface area contributed by atoms with Crippen molar-refractivity contribution in [3.05, 3.63) is 58.9 Å². The van der Waals surface area contributed by atoms with Crippen molar-refractivity contribution in [1.29, 1.82) is 0 Å². The van der Waals surface area contributed by atoms with Gasteiger partial charge in [0.2, 0.25) is 5.91 Å². The number of thioether (sulfide) groups is 2. The molecule has 6 nitrogen and oxygen atoms in total. The molecule has 3 rings (SSSR count). The number of carbonyl (C=O) groups excluding carboxylic acids is 1. The molecule has 29 heavy (non-hydrogen) atoms. The molecule has 9 heteroatoms. The largest absolute Gasteiger partial charge is 0.506 e. The number of phenols is 1. The molecular formula is C20H21ClN4O2S2. The number of hydrogen-bond acceptors (Lipinski definition) is 6. The second-order valence-electron chi connectivity index (χ2n) is 6.24. The van der Waals surface area contributed by atoms with Gasteiger partial charge < -0.3 is 15.0 Å². The highest BCUT2D eigenvalue weighted by atomic mass is 35.5. The van der Waals surface area contributed by atoms with Crippen LogP contribution in [-0.2, 0) is 17.1 Å².